The molecule has 2 saturated heterocycles. The Labute approximate surface area is 266 Å². The molecule has 17 heteroatoms. The summed E-state index contributed by atoms with van der Waals surface area (Å²) in [5.41, 5.74) is -0.684. The van der Waals surface area contributed by atoms with E-state index in [4.69, 9.17) is 18.0 Å². The molecule has 0 aliphatic carbocycles. The highest BCUT2D eigenvalue weighted by Crippen LogP contribution is 2.37. The van der Waals surface area contributed by atoms with Crippen molar-refractivity contribution < 1.29 is 32.7 Å². The van der Waals surface area contributed by atoms with Crippen molar-refractivity contribution in [1.82, 2.24) is 40.6 Å². The second kappa shape index (κ2) is 13.9. The Hall–Kier alpha value is -4.10. The van der Waals surface area contributed by atoms with Gasteiger partial charge in [0.2, 0.25) is 5.91 Å². The maximum atomic E-state index is 13.5. The number of benzene rings is 1. The molecule has 0 unspecified atom stereocenters. The first kappa shape index (κ1) is 33.8. The molecule has 12 nitrogen and oxygen atoms in total. The molecule has 0 bridgehead atoms. The van der Waals surface area contributed by atoms with Crippen LogP contribution in [0.15, 0.2) is 24.4 Å². The molecule has 4 heterocycles. The van der Waals surface area contributed by atoms with Crippen LogP contribution >= 0.6 is 24.0 Å². The van der Waals surface area contributed by atoms with Crippen LogP contribution in [0.5, 0.6) is 0 Å². The molecule has 240 valence electrons. The average molecular weight is 669 g/mol. The number of terminal acetylenes is 1. The maximum Gasteiger partial charge on any atom is 0.435 e. The van der Waals surface area contributed by atoms with Crippen molar-refractivity contribution in [3.8, 4) is 23.6 Å². The van der Waals surface area contributed by atoms with E-state index in [1.165, 1.54) is 6.07 Å². The van der Waals surface area contributed by atoms with Gasteiger partial charge in [0.1, 0.15) is 0 Å². The van der Waals surface area contributed by atoms with Gasteiger partial charge in [-0.15, -0.1) is 24.8 Å². The van der Waals surface area contributed by atoms with Gasteiger partial charge in [0, 0.05) is 39.3 Å². The summed E-state index contributed by atoms with van der Waals surface area (Å²) in [5, 5.41) is 21.1. The van der Waals surface area contributed by atoms with E-state index in [-0.39, 0.29) is 70.5 Å². The van der Waals surface area contributed by atoms with Crippen molar-refractivity contribution in [1.29, 1.82) is 0 Å². The van der Waals surface area contributed by atoms with Crippen molar-refractivity contribution in [2.24, 2.45) is 0 Å². The summed E-state index contributed by atoms with van der Waals surface area (Å²) < 4.78 is 40.4. The molecular formula is C28H29Cl2F3N8O4. The number of rotatable bonds is 7. The monoisotopic (exact) mass is 668 g/mol. The van der Waals surface area contributed by atoms with Crippen molar-refractivity contribution in [2.75, 3.05) is 32.7 Å². The molecule has 0 saturated carbocycles. The van der Waals surface area contributed by atoms with E-state index >= 15 is 0 Å². The maximum absolute atomic E-state index is 13.5. The summed E-state index contributed by atoms with van der Waals surface area (Å²) in [6.45, 7) is 1.75. The molecule has 0 radical (unpaired) electrons. The van der Waals surface area contributed by atoms with E-state index in [2.05, 4.69) is 36.7 Å². The third-order valence-corrected chi connectivity index (χ3v) is 7.76. The number of halogens is 5. The Morgan fingerprint density at radius 2 is 1.89 bits per heavy atom. The third kappa shape index (κ3) is 7.42. The van der Waals surface area contributed by atoms with Crippen LogP contribution < -0.4 is 10.6 Å². The van der Waals surface area contributed by atoms with Crippen LogP contribution in [0.2, 0.25) is 5.02 Å². The Morgan fingerprint density at radius 1 is 1.18 bits per heavy atom. The lowest BCUT2D eigenvalue weighted by atomic mass is 10.1. The normalized spacial score (nSPS) is 18.3. The number of amides is 3. The molecule has 2 aliphatic heterocycles. The summed E-state index contributed by atoms with van der Waals surface area (Å²) in [6.07, 6.45) is 1.28. The lowest BCUT2D eigenvalue weighted by molar-refractivity contribution is -0.140. The highest BCUT2D eigenvalue weighted by molar-refractivity contribution is 6.33. The van der Waals surface area contributed by atoms with Gasteiger partial charge in [-0.3, -0.25) is 19.5 Å². The van der Waals surface area contributed by atoms with Crippen LogP contribution in [0, 0.1) is 12.3 Å². The fourth-order valence-electron chi connectivity index (χ4n) is 5.20. The number of aromatic nitrogens is 4. The lowest BCUT2D eigenvalue weighted by Gasteiger charge is -2.36. The minimum absolute atomic E-state index is 0. The topological polar surface area (TPSA) is 159 Å². The molecule has 5 N–H and O–H groups in total. The largest absolute Gasteiger partial charge is 0.435 e. The first-order valence-corrected chi connectivity index (χ1v) is 14.0. The van der Waals surface area contributed by atoms with Gasteiger partial charge in [-0.1, -0.05) is 17.7 Å². The SMILES string of the molecule is C#CCc1[nH]nc(C(F)(F)F)c1-c1cnc(C(=O)NCc2ccc(C(=O)N3CCN(C(=O)[C@@H]4C[C@@H](O)CN4)CC3)c(Cl)c2)[nH]1.Cl. The summed E-state index contributed by atoms with van der Waals surface area (Å²) in [5.74, 6) is 0.972. The molecule has 2 aliphatic rings. The number of alkyl halides is 3. The number of aromatic amines is 2. The number of nitrogens with one attached hydrogen (secondary N) is 4. The molecule has 2 atom stereocenters. The Morgan fingerprint density at radius 3 is 2.51 bits per heavy atom. The molecule has 3 amide bonds. The summed E-state index contributed by atoms with van der Waals surface area (Å²) in [6, 6.07) is 4.28. The van der Waals surface area contributed by atoms with E-state index in [9.17, 15) is 32.7 Å². The van der Waals surface area contributed by atoms with E-state index in [0.29, 0.717) is 44.7 Å². The van der Waals surface area contributed by atoms with E-state index in [1.807, 2.05) is 0 Å². The van der Waals surface area contributed by atoms with Crippen LogP contribution in [0.1, 0.15) is 44.3 Å². The number of nitrogens with zero attached hydrogens (tertiary/aromatic N) is 4. The van der Waals surface area contributed by atoms with Crippen LogP contribution in [0.25, 0.3) is 11.3 Å². The number of H-pyrrole nitrogens is 2. The van der Waals surface area contributed by atoms with E-state index in [0.717, 1.165) is 6.20 Å². The standard InChI is InChI=1S/C28H28ClF3N8O4.ClH/c1-2-3-19-22(23(38-37-19)28(30,31)32)21-14-34-24(36-21)25(42)35-12-15-4-5-17(18(29)10-15)26(43)39-6-8-40(9-7-39)27(44)20-11-16(41)13-33-20;/h1,4-5,10,14,16,20,33,41H,3,6-9,11-13H2,(H,34,36)(H,35,42)(H,37,38);1H/t16-,20+;/m1./s1. The molecule has 5 rings (SSSR count). The number of hydrogen-bond acceptors (Lipinski definition) is 7. The minimum atomic E-state index is -4.76. The number of β-amino-alcohol motifs (C(OH)–C–C–N with tert-alkyl or cyclic N) is 1. The zero-order chi connectivity index (χ0) is 31.6. The number of carbonyl (C=O) groups is 3. The molecule has 45 heavy (non-hydrogen) atoms. The highest BCUT2D eigenvalue weighted by atomic mass is 35.5. The molecule has 1 aromatic carbocycles. The van der Waals surface area contributed by atoms with Gasteiger partial charge in [-0.25, -0.2) is 4.98 Å². The Kier molecular flexibility index (Phi) is 10.4. The first-order valence-electron chi connectivity index (χ1n) is 13.7. The number of hydrogen-bond donors (Lipinski definition) is 5. The molecule has 0 spiro atoms. The molecule has 2 fully saturated rings. The van der Waals surface area contributed by atoms with Crippen LogP contribution in [0.3, 0.4) is 0 Å². The third-order valence-electron chi connectivity index (χ3n) is 7.45. The summed E-state index contributed by atoms with van der Waals surface area (Å²) in [7, 11) is 0. The molecule has 3 aromatic rings. The van der Waals surface area contributed by atoms with Gasteiger partial charge in [0.25, 0.3) is 11.8 Å². The minimum Gasteiger partial charge on any atom is -0.392 e. The van der Waals surface area contributed by atoms with Crippen LogP contribution in [-0.2, 0) is 23.9 Å². The smallest absolute Gasteiger partial charge is 0.392 e. The average Bonchev–Trinajstić information content (AvgIpc) is 3.75. The number of aliphatic hydroxyl groups excluding tert-OH is 1. The van der Waals surface area contributed by atoms with Gasteiger partial charge >= 0.3 is 6.18 Å². The number of aliphatic hydroxyl groups is 1. The predicted octanol–water partition coefficient (Wildman–Crippen LogP) is 2.01. The second-order valence-electron chi connectivity index (χ2n) is 10.4. The van der Waals surface area contributed by atoms with Crippen molar-refractivity contribution >= 4 is 41.7 Å². The predicted molar refractivity (Wildman–Crippen MR) is 158 cm³/mol. The zero-order valence-electron chi connectivity index (χ0n) is 23.6. The van der Waals surface area contributed by atoms with Crippen molar-refractivity contribution in [3.63, 3.8) is 0 Å². The summed E-state index contributed by atoms with van der Waals surface area (Å²) in [4.78, 5) is 48.3. The van der Waals surface area contributed by atoms with Gasteiger partial charge in [-0.2, -0.15) is 18.3 Å². The number of piperazine rings is 1. The quantitative estimate of drug-likeness (QED) is 0.241. The van der Waals surface area contributed by atoms with Crippen molar-refractivity contribution in [3.05, 3.63) is 57.8 Å². The molecular weight excluding hydrogens is 640 g/mol. The fourth-order valence-corrected chi connectivity index (χ4v) is 5.48. The Bertz CT molecular complexity index is 1610. The van der Waals surface area contributed by atoms with Gasteiger partial charge in [0.05, 0.1) is 52.3 Å². The highest BCUT2D eigenvalue weighted by Gasteiger charge is 2.39. The van der Waals surface area contributed by atoms with Gasteiger partial charge < -0.3 is 30.5 Å². The number of imidazole rings is 1. The molecule has 2 aromatic heterocycles. The lowest BCUT2D eigenvalue weighted by Crippen LogP contribution is -2.54. The van der Waals surface area contributed by atoms with Gasteiger partial charge in [0.15, 0.2) is 11.5 Å². The summed E-state index contributed by atoms with van der Waals surface area (Å²) >= 11 is 6.42. The Balaban J connectivity index is 0.00000461. The first-order chi connectivity index (χ1) is 21.0. The van der Waals surface area contributed by atoms with Crippen molar-refractivity contribution in [2.45, 2.75) is 37.7 Å². The van der Waals surface area contributed by atoms with Crippen LogP contribution in [0.4, 0.5) is 13.2 Å². The van der Waals surface area contributed by atoms with Crippen LogP contribution in [-0.4, -0.2) is 97.7 Å². The van der Waals surface area contributed by atoms with E-state index in [1.54, 1.807) is 21.9 Å². The van der Waals surface area contributed by atoms with Gasteiger partial charge in [-0.05, 0) is 24.1 Å². The zero-order valence-corrected chi connectivity index (χ0v) is 25.2. The second-order valence-corrected chi connectivity index (χ2v) is 10.8. The number of carbonyl (C=O) groups excluding carboxylic acids is 3. The fraction of sp³-hybridized carbons (Fsp3) is 0.393. The van der Waals surface area contributed by atoms with E-state index < -0.39 is 29.9 Å².